The van der Waals surface area contributed by atoms with Crippen molar-refractivity contribution in [3.63, 3.8) is 0 Å². The summed E-state index contributed by atoms with van der Waals surface area (Å²) in [6.07, 6.45) is 0. The molecule has 1 aliphatic rings. The average Bonchev–Trinajstić information content (AvgIpc) is 2.60. The molecule has 0 spiro atoms. The third-order valence-corrected chi connectivity index (χ3v) is 4.37. The summed E-state index contributed by atoms with van der Waals surface area (Å²) < 4.78 is 5.71. The van der Waals surface area contributed by atoms with Crippen LogP contribution in [0.1, 0.15) is 11.1 Å². The lowest BCUT2D eigenvalue weighted by atomic mass is 10.2. The summed E-state index contributed by atoms with van der Waals surface area (Å²) in [5.41, 5.74) is 2.14. The second kappa shape index (κ2) is 7.42. The van der Waals surface area contributed by atoms with Crippen molar-refractivity contribution in [2.75, 3.05) is 6.67 Å². The fraction of sp³-hybridized carbons (Fsp3) is 0.222. The Morgan fingerprint density at radius 2 is 1.65 bits per heavy atom. The predicted octanol–water partition coefficient (Wildman–Crippen LogP) is 3.37. The lowest BCUT2D eigenvalue weighted by Gasteiger charge is -2.28. The standard InChI is InChI=1S/C18H17BrN2O2/c19-16-17(23-12-15-9-5-2-6-10-15)20-13-21(18(16)22)11-14-7-3-1-4-8-14/h1-10,16H,11-13H2. The summed E-state index contributed by atoms with van der Waals surface area (Å²) in [7, 11) is 0. The number of rotatable bonds is 4. The zero-order valence-corrected chi connectivity index (χ0v) is 14.1. The highest BCUT2D eigenvalue weighted by Gasteiger charge is 2.31. The average molecular weight is 373 g/mol. The van der Waals surface area contributed by atoms with Crippen LogP contribution in [0, 0.1) is 0 Å². The Morgan fingerprint density at radius 1 is 1.04 bits per heavy atom. The molecule has 4 nitrogen and oxygen atoms in total. The molecule has 1 amide bonds. The molecule has 0 aromatic heterocycles. The number of amides is 1. The van der Waals surface area contributed by atoms with Crippen LogP contribution in [0.25, 0.3) is 0 Å². The smallest absolute Gasteiger partial charge is 0.247 e. The third-order valence-electron chi connectivity index (χ3n) is 3.59. The van der Waals surface area contributed by atoms with E-state index in [4.69, 9.17) is 4.74 Å². The Bertz CT molecular complexity index is 689. The molecule has 23 heavy (non-hydrogen) atoms. The van der Waals surface area contributed by atoms with Gasteiger partial charge >= 0.3 is 0 Å². The van der Waals surface area contributed by atoms with Gasteiger partial charge in [-0.2, -0.15) is 0 Å². The highest BCUT2D eigenvalue weighted by Crippen LogP contribution is 2.18. The molecule has 2 aromatic carbocycles. The van der Waals surface area contributed by atoms with Gasteiger partial charge in [0.25, 0.3) is 0 Å². The van der Waals surface area contributed by atoms with E-state index in [-0.39, 0.29) is 5.91 Å². The fourth-order valence-electron chi connectivity index (χ4n) is 2.35. The van der Waals surface area contributed by atoms with E-state index in [1.165, 1.54) is 0 Å². The van der Waals surface area contributed by atoms with Crippen molar-refractivity contribution in [3.05, 3.63) is 71.8 Å². The lowest BCUT2D eigenvalue weighted by molar-refractivity contribution is -0.130. The summed E-state index contributed by atoms with van der Waals surface area (Å²) in [6.45, 7) is 1.28. The van der Waals surface area contributed by atoms with E-state index in [1.54, 1.807) is 4.90 Å². The summed E-state index contributed by atoms with van der Waals surface area (Å²) in [4.78, 5) is 18.1. The van der Waals surface area contributed by atoms with Crippen LogP contribution in [-0.4, -0.2) is 28.2 Å². The minimum atomic E-state index is -0.524. The number of carbonyl (C=O) groups is 1. The van der Waals surface area contributed by atoms with Crippen LogP contribution in [0.15, 0.2) is 65.7 Å². The molecule has 1 heterocycles. The monoisotopic (exact) mass is 372 g/mol. The number of benzene rings is 2. The first kappa shape index (κ1) is 15.7. The number of halogens is 1. The predicted molar refractivity (Wildman–Crippen MR) is 93.2 cm³/mol. The molecule has 5 heteroatoms. The molecular weight excluding hydrogens is 356 g/mol. The van der Waals surface area contributed by atoms with Crippen LogP contribution < -0.4 is 0 Å². The minimum Gasteiger partial charge on any atom is -0.475 e. The van der Waals surface area contributed by atoms with Crippen molar-refractivity contribution in [2.24, 2.45) is 4.99 Å². The summed E-state index contributed by atoms with van der Waals surface area (Å²) in [5, 5.41) is 0. The zero-order valence-electron chi connectivity index (χ0n) is 12.6. The molecule has 0 N–H and O–H groups in total. The maximum atomic E-state index is 12.5. The molecule has 0 saturated carbocycles. The van der Waals surface area contributed by atoms with Crippen molar-refractivity contribution < 1.29 is 9.53 Å². The molecule has 3 rings (SSSR count). The van der Waals surface area contributed by atoms with Gasteiger partial charge in [0.2, 0.25) is 11.8 Å². The summed E-state index contributed by atoms with van der Waals surface area (Å²) in [5.74, 6) is 0.426. The van der Waals surface area contributed by atoms with Gasteiger partial charge < -0.3 is 9.64 Å². The number of alkyl halides is 1. The minimum absolute atomic E-state index is 0.0214. The van der Waals surface area contributed by atoms with Gasteiger partial charge in [0, 0.05) is 6.54 Å². The van der Waals surface area contributed by atoms with Gasteiger partial charge in [-0.05, 0) is 11.1 Å². The summed E-state index contributed by atoms with van der Waals surface area (Å²) >= 11 is 3.40. The molecule has 1 unspecified atom stereocenters. The first-order chi connectivity index (χ1) is 11.2. The Kier molecular flexibility index (Phi) is 5.08. The van der Waals surface area contributed by atoms with Crippen LogP contribution in [0.4, 0.5) is 0 Å². The van der Waals surface area contributed by atoms with Crippen LogP contribution in [0.2, 0.25) is 0 Å². The van der Waals surface area contributed by atoms with Gasteiger partial charge in [-0.15, -0.1) is 0 Å². The Balaban J connectivity index is 1.62. The second-order valence-corrected chi connectivity index (χ2v) is 6.21. The fourth-order valence-corrected chi connectivity index (χ4v) is 2.92. The van der Waals surface area contributed by atoms with E-state index in [1.807, 2.05) is 60.7 Å². The van der Waals surface area contributed by atoms with Gasteiger partial charge in [0.1, 0.15) is 13.3 Å². The molecule has 0 saturated heterocycles. The Morgan fingerprint density at radius 3 is 2.30 bits per heavy atom. The maximum absolute atomic E-state index is 12.5. The molecule has 0 aliphatic carbocycles. The number of hydrogen-bond acceptors (Lipinski definition) is 3. The van der Waals surface area contributed by atoms with Crippen molar-refractivity contribution >= 4 is 27.7 Å². The molecule has 0 radical (unpaired) electrons. The maximum Gasteiger partial charge on any atom is 0.247 e. The molecule has 0 bridgehead atoms. The van der Waals surface area contributed by atoms with E-state index in [9.17, 15) is 4.79 Å². The van der Waals surface area contributed by atoms with E-state index >= 15 is 0 Å². The first-order valence-corrected chi connectivity index (χ1v) is 8.33. The van der Waals surface area contributed by atoms with E-state index in [0.717, 1.165) is 11.1 Å². The normalized spacial score (nSPS) is 17.8. The van der Waals surface area contributed by atoms with Gasteiger partial charge in [-0.1, -0.05) is 76.6 Å². The topological polar surface area (TPSA) is 41.9 Å². The summed E-state index contributed by atoms with van der Waals surface area (Å²) in [6, 6.07) is 19.7. The number of ether oxygens (including phenoxy) is 1. The van der Waals surface area contributed by atoms with Crippen molar-refractivity contribution in [3.8, 4) is 0 Å². The third kappa shape index (κ3) is 3.99. The molecule has 0 fully saturated rings. The van der Waals surface area contributed by atoms with Gasteiger partial charge in [0.15, 0.2) is 4.83 Å². The SMILES string of the molecule is O=C1C(Br)C(OCc2ccccc2)=NCN1Cc1ccccc1. The van der Waals surface area contributed by atoms with Gasteiger partial charge in [0.05, 0.1) is 0 Å². The van der Waals surface area contributed by atoms with Gasteiger partial charge in [-0.3, -0.25) is 4.79 Å². The van der Waals surface area contributed by atoms with Crippen molar-refractivity contribution in [1.29, 1.82) is 0 Å². The van der Waals surface area contributed by atoms with Crippen molar-refractivity contribution in [2.45, 2.75) is 18.0 Å². The highest BCUT2D eigenvalue weighted by molar-refractivity contribution is 9.10. The van der Waals surface area contributed by atoms with Gasteiger partial charge in [-0.25, -0.2) is 4.99 Å². The number of carbonyl (C=O) groups excluding carboxylic acids is 1. The highest BCUT2D eigenvalue weighted by atomic mass is 79.9. The number of nitrogens with zero attached hydrogens (tertiary/aromatic N) is 2. The van der Waals surface area contributed by atoms with Crippen LogP contribution >= 0.6 is 15.9 Å². The number of hydrogen-bond donors (Lipinski definition) is 0. The lowest BCUT2D eigenvalue weighted by Crippen LogP contribution is -2.44. The number of aliphatic imine (C=N–C) groups is 1. The van der Waals surface area contributed by atoms with Crippen LogP contribution in [0.3, 0.4) is 0 Å². The first-order valence-electron chi connectivity index (χ1n) is 7.42. The van der Waals surface area contributed by atoms with E-state index in [2.05, 4.69) is 20.9 Å². The second-order valence-electron chi connectivity index (χ2n) is 5.30. The molecule has 1 atom stereocenters. The quantitative estimate of drug-likeness (QED) is 0.772. The van der Waals surface area contributed by atoms with E-state index in [0.29, 0.717) is 25.7 Å². The Labute approximate surface area is 143 Å². The Hall–Kier alpha value is -2.14. The molecular formula is C18H17BrN2O2. The molecule has 2 aromatic rings. The van der Waals surface area contributed by atoms with Crippen LogP contribution in [-0.2, 0) is 22.7 Å². The zero-order chi connectivity index (χ0) is 16.1. The largest absolute Gasteiger partial charge is 0.475 e. The molecule has 1 aliphatic heterocycles. The van der Waals surface area contributed by atoms with Crippen molar-refractivity contribution in [1.82, 2.24) is 4.90 Å². The van der Waals surface area contributed by atoms with Crippen LogP contribution in [0.5, 0.6) is 0 Å². The molecule has 118 valence electrons. The van der Waals surface area contributed by atoms with E-state index < -0.39 is 4.83 Å².